The van der Waals surface area contributed by atoms with Crippen molar-refractivity contribution in [1.82, 2.24) is 9.55 Å². The second kappa shape index (κ2) is 7.68. The molecule has 0 radical (unpaired) electrons. The highest BCUT2D eigenvalue weighted by atomic mass is 16.6. The van der Waals surface area contributed by atoms with Crippen molar-refractivity contribution in [2.75, 3.05) is 0 Å². The highest BCUT2D eigenvalue weighted by molar-refractivity contribution is 5.90. The van der Waals surface area contributed by atoms with Crippen LogP contribution >= 0.6 is 0 Å². The molecule has 4 heterocycles. The van der Waals surface area contributed by atoms with Gasteiger partial charge in [0, 0.05) is 16.5 Å². The van der Waals surface area contributed by atoms with Crippen molar-refractivity contribution in [3.05, 3.63) is 56.9 Å². The van der Waals surface area contributed by atoms with Gasteiger partial charge in [0.05, 0.1) is 34.9 Å². The number of aromatic nitrogens is 2. The van der Waals surface area contributed by atoms with Crippen LogP contribution in [0.4, 0.5) is 0 Å². The van der Waals surface area contributed by atoms with Gasteiger partial charge in [-0.05, 0) is 42.7 Å². The van der Waals surface area contributed by atoms with Gasteiger partial charge in [-0.15, -0.1) is 0 Å². The lowest BCUT2D eigenvalue weighted by Crippen LogP contribution is -2.48. The lowest BCUT2D eigenvalue weighted by Gasteiger charge is -2.36. The van der Waals surface area contributed by atoms with Crippen LogP contribution in [0, 0.1) is 5.92 Å². The summed E-state index contributed by atoms with van der Waals surface area (Å²) in [7, 11) is 0. The first-order valence-electron chi connectivity index (χ1n) is 11.5. The number of phenolic OH excluding ortho intramolecular Hbond substituents is 1. The predicted molar refractivity (Wildman–Crippen MR) is 124 cm³/mol. The highest BCUT2D eigenvalue weighted by Crippen LogP contribution is 2.42. The second-order valence-corrected chi connectivity index (χ2v) is 9.12. The number of fused-ring (bicyclic) bond motifs is 5. The Morgan fingerprint density at radius 1 is 1.24 bits per heavy atom. The van der Waals surface area contributed by atoms with E-state index in [0.717, 1.165) is 16.5 Å². The highest BCUT2D eigenvalue weighted by Gasteiger charge is 2.50. The van der Waals surface area contributed by atoms with Gasteiger partial charge >= 0.3 is 11.9 Å². The fourth-order valence-electron chi connectivity index (χ4n) is 5.00. The van der Waals surface area contributed by atoms with Crippen LogP contribution in [0.15, 0.2) is 29.1 Å². The number of carbonyl (C=O) groups excluding carboxylic acids is 2. The zero-order valence-electron chi connectivity index (χ0n) is 19.6. The van der Waals surface area contributed by atoms with Crippen molar-refractivity contribution in [1.29, 1.82) is 0 Å². The molecule has 0 saturated carbocycles. The summed E-state index contributed by atoms with van der Waals surface area (Å²) in [5.74, 6) is -1.50. The molecular formula is C26H26N2O6. The van der Waals surface area contributed by atoms with Crippen molar-refractivity contribution in [3.63, 3.8) is 0 Å². The Hall–Kier alpha value is -3.68. The van der Waals surface area contributed by atoms with Crippen molar-refractivity contribution in [3.8, 4) is 17.1 Å². The molecule has 3 aromatic rings. The SMILES string of the molecule is CCc1c2c(nc3ccc(O)cc13)-c1cc3c(c(=O)n1C2)COC(=O)[C@@]3(CC)OC(=O)C(C)C. The van der Waals surface area contributed by atoms with Gasteiger partial charge in [-0.25, -0.2) is 9.78 Å². The molecule has 1 aromatic carbocycles. The van der Waals surface area contributed by atoms with Crippen LogP contribution in [0.5, 0.6) is 5.75 Å². The van der Waals surface area contributed by atoms with E-state index in [4.69, 9.17) is 14.5 Å². The summed E-state index contributed by atoms with van der Waals surface area (Å²) in [6.07, 6.45) is 0.831. The van der Waals surface area contributed by atoms with Crippen molar-refractivity contribution in [2.24, 2.45) is 5.92 Å². The third-order valence-electron chi connectivity index (χ3n) is 6.86. The minimum atomic E-state index is -1.68. The standard InChI is InChI=1S/C26H26N2O6/c1-5-15-16-9-14(29)7-8-20(16)27-22-17(15)11-28-21(22)10-19-18(23(28)30)12-33-25(32)26(19,6-2)34-24(31)13(3)4/h7-10,13,29H,5-6,11-12H2,1-4H3/t26-/m0/s1. The molecule has 8 nitrogen and oxygen atoms in total. The molecule has 0 amide bonds. The fraction of sp³-hybridized carbons (Fsp3) is 0.385. The first-order chi connectivity index (χ1) is 16.2. The molecule has 34 heavy (non-hydrogen) atoms. The number of benzene rings is 1. The van der Waals surface area contributed by atoms with Crippen LogP contribution in [0.3, 0.4) is 0 Å². The van der Waals surface area contributed by atoms with Crippen LogP contribution in [0.1, 0.15) is 56.4 Å². The molecule has 2 aliphatic rings. The average molecular weight is 463 g/mol. The third-order valence-corrected chi connectivity index (χ3v) is 6.86. The lowest BCUT2D eigenvalue weighted by atomic mass is 9.85. The van der Waals surface area contributed by atoms with Gasteiger partial charge in [-0.2, -0.15) is 0 Å². The van der Waals surface area contributed by atoms with E-state index < -0.39 is 23.5 Å². The Bertz CT molecular complexity index is 1440. The number of aromatic hydroxyl groups is 1. The normalized spacial score (nSPS) is 18.4. The number of phenols is 1. The van der Waals surface area contributed by atoms with Crippen LogP contribution in [0.25, 0.3) is 22.3 Å². The first-order valence-corrected chi connectivity index (χ1v) is 11.5. The molecule has 8 heteroatoms. The molecule has 0 bridgehead atoms. The summed E-state index contributed by atoms with van der Waals surface area (Å²) in [6, 6.07) is 6.79. The maximum atomic E-state index is 13.6. The molecular weight excluding hydrogens is 436 g/mol. The minimum Gasteiger partial charge on any atom is -0.508 e. The molecule has 0 fully saturated rings. The Morgan fingerprint density at radius 2 is 2.00 bits per heavy atom. The van der Waals surface area contributed by atoms with Gasteiger partial charge in [0.15, 0.2) is 0 Å². The van der Waals surface area contributed by atoms with E-state index in [9.17, 15) is 19.5 Å². The molecule has 1 N–H and O–H groups in total. The number of esters is 2. The zero-order chi connectivity index (χ0) is 24.4. The maximum Gasteiger partial charge on any atom is 0.355 e. The van der Waals surface area contributed by atoms with Crippen molar-refractivity contribution < 1.29 is 24.2 Å². The van der Waals surface area contributed by atoms with Gasteiger partial charge < -0.3 is 19.1 Å². The third kappa shape index (κ3) is 2.97. The molecule has 0 saturated heterocycles. The van der Waals surface area contributed by atoms with Gasteiger partial charge in [-0.3, -0.25) is 9.59 Å². The molecule has 1 atom stereocenters. The quantitative estimate of drug-likeness (QED) is 0.462. The summed E-state index contributed by atoms with van der Waals surface area (Å²) in [5, 5.41) is 10.9. The number of pyridine rings is 2. The topological polar surface area (TPSA) is 108 Å². The average Bonchev–Trinajstić information content (AvgIpc) is 3.18. The smallest absolute Gasteiger partial charge is 0.355 e. The van der Waals surface area contributed by atoms with Gasteiger partial charge in [0.1, 0.15) is 12.4 Å². The van der Waals surface area contributed by atoms with Crippen LogP contribution in [-0.2, 0) is 44.2 Å². The summed E-state index contributed by atoms with van der Waals surface area (Å²) in [5.41, 5.74) is 2.59. The molecule has 2 aliphatic heterocycles. The number of aryl methyl sites for hydroxylation is 1. The Labute approximate surface area is 196 Å². The number of ether oxygens (including phenoxy) is 2. The molecule has 176 valence electrons. The monoisotopic (exact) mass is 462 g/mol. The van der Waals surface area contributed by atoms with Crippen LogP contribution in [0.2, 0.25) is 0 Å². The van der Waals surface area contributed by atoms with Crippen LogP contribution < -0.4 is 5.56 Å². The maximum absolute atomic E-state index is 13.6. The van der Waals surface area contributed by atoms with E-state index in [1.807, 2.05) is 6.92 Å². The zero-order valence-corrected chi connectivity index (χ0v) is 19.6. The largest absolute Gasteiger partial charge is 0.508 e. The van der Waals surface area contributed by atoms with E-state index in [2.05, 4.69) is 0 Å². The Morgan fingerprint density at radius 3 is 2.68 bits per heavy atom. The van der Waals surface area contributed by atoms with E-state index >= 15 is 0 Å². The molecule has 0 unspecified atom stereocenters. The first kappa shape index (κ1) is 22.1. The Balaban J connectivity index is 1.78. The minimum absolute atomic E-state index is 0.137. The van der Waals surface area contributed by atoms with Gasteiger partial charge in [-0.1, -0.05) is 27.7 Å². The van der Waals surface area contributed by atoms with Gasteiger partial charge in [0.25, 0.3) is 5.56 Å². The molecule has 2 aromatic heterocycles. The number of carbonyl (C=O) groups is 2. The van der Waals surface area contributed by atoms with E-state index in [1.165, 1.54) is 0 Å². The molecule has 5 rings (SSSR count). The number of hydrogen-bond donors (Lipinski definition) is 1. The van der Waals surface area contributed by atoms with E-state index in [1.54, 1.807) is 49.6 Å². The summed E-state index contributed by atoms with van der Waals surface area (Å²) < 4.78 is 12.7. The Kier molecular flexibility index (Phi) is 5.00. The summed E-state index contributed by atoms with van der Waals surface area (Å²) in [6.45, 7) is 7.29. The lowest BCUT2D eigenvalue weighted by molar-refractivity contribution is -0.191. The molecule has 0 aliphatic carbocycles. The fourth-order valence-corrected chi connectivity index (χ4v) is 5.00. The predicted octanol–water partition coefficient (Wildman–Crippen LogP) is 3.55. The van der Waals surface area contributed by atoms with E-state index in [-0.39, 0.29) is 24.3 Å². The number of nitrogens with zero attached hydrogens (tertiary/aromatic N) is 2. The van der Waals surface area contributed by atoms with Crippen LogP contribution in [-0.4, -0.2) is 26.6 Å². The number of rotatable bonds is 4. The molecule has 0 spiro atoms. The van der Waals surface area contributed by atoms with Crippen molar-refractivity contribution >= 4 is 22.8 Å². The summed E-state index contributed by atoms with van der Waals surface area (Å²) in [4.78, 5) is 44.0. The second-order valence-electron chi connectivity index (χ2n) is 9.12. The van der Waals surface area contributed by atoms with E-state index in [0.29, 0.717) is 41.0 Å². The summed E-state index contributed by atoms with van der Waals surface area (Å²) >= 11 is 0. The van der Waals surface area contributed by atoms with Gasteiger partial charge in [0.2, 0.25) is 5.60 Å². The number of cyclic esters (lactones) is 1. The number of hydrogen-bond acceptors (Lipinski definition) is 7. The van der Waals surface area contributed by atoms with Crippen molar-refractivity contribution in [2.45, 2.75) is 59.3 Å².